The lowest BCUT2D eigenvalue weighted by atomic mass is 9.87. The second kappa shape index (κ2) is 5.31. The van der Waals surface area contributed by atoms with Crippen LogP contribution in [0.4, 0.5) is 5.69 Å². The van der Waals surface area contributed by atoms with Gasteiger partial charge in [0.05, 0.1) is 0 Å². The first-order valence-electron chi connectivity index (χ1n) is 8.49. The van der Waals surface area contributed by atoms with Crippen molar-refractivity contribution in [3.8, 4) is 0 Å². The van der Waals surface area contributed by atoms with Crippen molar-refractivity contribution in [3.63, 3.8) is 0 Å². The number of nitrogens with zero attached hydrogens (tertiary/aromatic N) is 1. The molecule has 0 aromatic heterocycles. The van der Waals surface area contributed by atoms with Gasteiger partial charge in [-0.25, -0.2) is 0 Å². The number of hydrogen-bond acceptors (Lipinski definition) is 2. The SMILES string of the molecule is Cc1ccc(N2CC(C)(C3CC3)NCC2C(C)C)cc1C. The van der Waals surface area contributed by atoms with Gasteiger partial charge in [0.1, 0.15) is 0 Å². The van der Waals surface area contributed by atoms with Gasteiger partial charge in [-0.15, -0.1) is 0 Å². The standard InChI is InChI=1S/C19H30N2/c1-13(2)18-11-20-19(5,16-7-8-16)12-21(18)17-9-6-14(3)15(4)10-17/h6,9-10,13,16,18,20H,7-8,11-12H2,1-5H3. The molecule has 2 fully saturated rings. The third-order valence-electron chi connectivity index (χ3n) is 5.68. The summed E-state index contributed by atoms with van der Waals surface area (Å²) >= 11 is 0. The number of piperazine rings is 1. The molecule has 116 valence electrons. The number of hydrogen-bond donors (Lipinski definition) is 1. The number of nitrogens with one attached hydrogen (secondary N) is 1. The van der Waals surface area contributed by atoms with Gasteiger partial charge in [0.2, 0.25) is 0 Å². The molecule has 1 aromatic carbocycles. The van der Waals surface area contributed by atoms with Crippen LogP contribution < -0.4 is 10.2 Å². The molecule has 2 nitrogen and oxygen atoms in total. The molecule has 1 heterocycles. The molecule has 2 unspecified atom stereocenters. The molecule has 3 rings (SSSR count). The van der Waals surface area contributed by atoms with E-state index in [9.17, 15) is 0 Å². The summed E-state index contributed by atoms with van der Waals surface area (Å²) in [7, 11) is 0. The molecular weight excluding hydrogens is 256 g/mol. The largest absolute Gasteiger partial charge is 0.365 e. The van der Waals surface area contributed by atoms with Gasteiger partial charge in [0, 0.05) is 30.4 Å². The zero-order valence-corrected chi connectivity index (χ0v) is 14.2. The van der Waals surface area contributed by atoms with Gasteiger partial charge in [-0.2, -0.15) is 0 Å². The molecule has 1 aliphatic carbocycles. The molecule has 0 spiro atoms. The van der Waals surface area contributed by atoms with Crippen LogP contribution in [-0.4, -0.2) is 24.7 Å². The van der Waals surface area contributed by atoms with E-state index in [-0.39, 0.29) is 0 Å². The maximum Gasteiger partial charge on any atom is 0.0438 e. The van der Waals surface area contributed by atoms with E-state index in [4.69, 9.17) is 0 Å². The Balaban J connectivity index is 1.91. The van der Waals surface area contributed by atoms with Crippen molar-refractivity contribution in [2.75, 3.05) is 18.0 Å². The molecule has 1 saturated carbocycles. The average molecular weight is 286 g/mol. The third kappa shape index (κ3) is 2.83. The van der Waals surface area contributed by atoms with Crippen molar-refractivity contribution in [2.24, 2.45) is 11.8 Å². The molecule has 1 saturated heterocycles. The fraction of sp³-hybridized carbons (Fsp3) is 0.684. The maximum atomic E-state index is 3.87. The van der Waals surface area contributed by atoms with Crippen molar-refractivity contribution >= 4 is 5.69 Å². The van der Waals surface area contributed by atoms with Crippen molar-refractivity contribution in [1.82, 2.24) is 5.32 Å². The van der Waals surface area contributed by atoms with Crippen LogP contribution >= 0.6 is 0 Å². The van der Waals surface area contributed by atoms with Crippen LogP contribution in [-0.2, 0) is 0 Å². The summed E-state index contributed by atoms with van der Waals surface area (Å²) in [6, 6.07) is 7.57. The molecule has 0 bridgehead atoms. The van der Waals surface area contributed by atoms with E-state index >= 15 is 0 Å². The Kier molecular flexibility index (Phi) is 3.77. The van der Waals surface area contributed by atoms with Crippen molar-refractivity contribution in [3.05, 3.63) is 29.3 Å². The fourth-order valence-corrected chi connectivity index (χ4v) is 3.75. The van der Waals surface area contributed by atoms with Gasteiger partial charge in [0.25, 0.3) is 0 Å². The van der Waals surface area contributed by atoms with Crippen molar-refractivity contribution in [2.45, 2.75) is 59.0 Å². The maximum absolute atomic E-state index is 3.87. The Labute approximate surface area is 129 Å². The van der Waals surface area contributed by atoms with E-state index in [0.29, 0.717) is 17.5 Å². The lowest BCUT2D eigenvalue weighted by Crippen LogP contribution is -2.65. The molecule has 2 heteroatoms. The average Bonchev–Trinajstić information content (AvgIpc) is 3.26. The second-order valence-electron chi connectivity index (χ2n) is 7.78. The molecule has 2 atom stereocenters. The van der Waals surface area contributed by atoms with Crippen LogP contribution in [0.2, 0.25) is 0 Å². The van der Waals surface area contributed by atoms with Gasteiger partial charge in [-0.3, -0.25) is 0 Å². The molecule has 0 amide bonds. The van der Waals surface area contributed by atoms with E-state index in [1.807, 2.05) is 0 Å². The normalized spacial score (nSPS) is 30.0. The summed E-state index contributed by atoms with van der Waals surface area (Å²) in [5.41, 5.74) is 4.50. The Morgan fingerprint density at radius 1 is 1.19 bits per heavy atom. The summed E-state index contributed by atoms with van der Waals surface area (Å²) in [5, 5.41) is 3.87. The van der Waals surface area contributed by atoms with Crippen molar-refractivity contribution < 1.29 is 0 Å². The lowest BCUT2D eigenvalue weighted by molar-refractivity contribution is 0.233. The first kappa shape index (κ1) is 14.9. The predicted molar refractivity (Wildman–Crippen MR) is 91.0 cm³/mol. The van der Waals surface area contributed by atoms with Gasteiger partial charge in [0.15, 0.2) is 0 Å². The number of anilines is 1. The summed E-state index contributed by atoms with van der Waals surface area (Å²) in [4.78, 5) is 2.67. The van der Waals surface area contributed by atoms with Gasteiger partial charge in [-0.05, 0) is 68.7 Å². The van der Waals surface area contributed by atoms with E-state index in [1.54, 1.807) is 0 Å². The highest BCUT2D eigenvalue weighted by Gasteiger charge is 2.46. The van der Waals surface area contributed by atoms with E-state index in [0.717, 1.165) is 19.0 Å². The molecule has 1 aromatic rings. The first-order chi connectivity index (χ1) is 9.90. The molecule has 21 heavy (non-hydrogen) atoms. The van der Waals surface area contributed by atoms with Crippen LogP contribution in [0, 0.1) is 25.7 Å². The molecule has 1 aliphatic heterocycles. The minimum atomic E-state index is 0.296. The van der Waals surface area contributed by atoms with Crippen LogP contribution in [0.25, 0.3) is 0 Å². The minimum Gasteiger partial charge on any atom is -0.365 e. The third-order valence-corrected chi connectivity index (χ3v) is 5.68. The summed E-state index contributed by atoms with van der Waals surface area (Å²) < 4.78 is 0. The second-order valence-corrected chi connectivity index (χ2v) is 7.78. The fourth-order valence-electron chi connectivity index (χ4n) is 3.75. The highest BCUT2D eigenvalue weighted by atomic mass is 15.3. The van der Waals surface area contributed by atoms with Gasteiger partial charge in [-0.1, -0.05) is 19.9 Å². The highest BCUT2D eigenvalue weighted by Crippen LogP contribution is 2.42. The van der Waals surface area contributed by atoms with Gasteiger partial charge < -0.3 is 10.2 Å². The van der Waals surface area contributed by atoms with Crippen molar-refractivity contribution in [1.29, 1.82) is 0 Å². The molecule has 1 N–H and O–H groups in total. The predicted octanol–water partition coefficient (Wildman–Crippen LogP) is 3.91. The van der Waals surface area contributed by atoms with Crippen LogP contribution in [0.5, 0.6) is 0 Å². The molecular formula is C19H30N2. The smallest absolute Gasteiger partial charge is 0.0438 e. The molecule has 2 aliphatic rings. The summed E-state index contributed by atoms with van der Waals surface area (Å²) in [6.45, 7) is 13.8. The topological polar surface area (TPSA) is 15.3 Å². The molecule has 0 radical (unpaired) electrons. The minimum absolute atomic E-state index is 0.296. The van der Waals surface area contributed by atoms with Crippen LogP contribution in [0.15, 0.2) is 18.2 Å². The highest BCUT2D eigenvalue weighted by molar-refractivity contribution is 5.53. The van der Waals surface area contributed by atoms with E-state index in [2.05, 4.69) is 63.0 Å². The van der Waals surface area contributed by atoms with E-state index in [1.165, 1.54) is 29.7 Å². The number of benzene rings is 1. The first-order valence-corrected chi connectivity index (χ1v) is 8.49. The van der Waals surface area contributed by atoms with Crippen LogP contribution in [0.1, 0.15) is 44.7 Å². The monoisotopic (exact) mass is 286 g/mol. The number of aryl methyl sites for hydroxylation is 2. The Morgan fingerprint density at radius 3 is 2.48 bits per heavy atom. The zero-order valence-electron chi connectivity index (χ0n) is 14.2. The zero-order chi connectivity index (χ0) is 15.2. The number of rotatable bonds is 3. The lowest BCUT2D eigenvalue weighted by Gasteiger charge is -2.49. The Morgan fingerprint density at radius 2 is 1.90 bits per heavy atom. The Hall–Kier alpha value is -1.02. The van der Waals surface area contributed by atoms with Gasteiger partial charge >= 0.3 is 0 Å². The van der Waals surface area contributed by atoms with Crippen LogP contribution in [0.3, 0.4) is 0 Å². The summed E-state index contributed by atoms with van der Waals surface area (Å²) in [6.07, 6.45) is 2.80. The quantitative estimate of drug-likeness (QED) is 0.906. The summed E-state index contributed by atoms with van der Waals surface area (Å²) in [5.74, 6) is 1.54. The van der Waals surface area contributed by atoms with E-state index < -0.39 is 0 Å². The Bertz CT molecular complexity index is 518.